The summed E-state index contributed by atoms with van der Waals surface area (Å²) in [6.07, 6.45) is 4.20. The van der Waals surface area contributed by atoms with Crippen LogP contribution in [0.3, 0.4) is 0 Å². The van der Waals surface area contributed by atoms with E-state index in [1.807, 2.05) is 42.5 Å². The van der Waals surface area contributed by atoms with Crippen molar-refractivity contribution in [1.82, 2.24) is 0 Å². The van der Waals surface area contributed by atoms with Crippen LogP contribution in [0.2, 0.25) is 5.02 Å². The molecule has 0 spiro atoms. The van der Waals surface area contributed by atoms with Crippen LogP contribution in [-0.2, 0) is 5.60 Å². The van der Waals surface area contributed by atoms with Gasteiger partial charge < -0.3 is 16.2 Å². The lowest BCUT2D eigenvalue weighted by Crippen LogP contribution is -2.36. The quantitative estimate of drug-likeness (QED) is 0.706. The lowest BCUT2D eigenvalue weighted by Gasteiger charge is -2.37. The zero-order valence-corrected chi connectivity index (χ0v) is 14.9. The van der Waals surface area contributed by atoms with Gasteiger partial charge in [0.2, 0.25) is 0 Å². The molecule has 0 bridgehead atoms. The number of halogens is 1. The molecule has 5 heteroatoms. The molecule has 1 atom stereocenters. The van der Waals surface area contributed by atoms with Crippen LogP contribution in [-0.4, -0.2) is 10.2 Å². The molecule has 0 heterocycles. The van der Waals surface area contributed by atoms with Gasteiger partial charge in [-0.05, 0) is 54.7 Å². The van der Waals surface area contributed by atoms with Gasteiger partial charge in [-0.2, -0.15) is 0 Å². The Morgan fingerprint density at radius 1 is 1.17 bits per heavy atom. The largest absolute Gasteiger partial charge is 0.380 e. The fourth-order valence-corrected chi connectivity index (χ4v) is 4.00. The van der Waals surface area contributed by atoms with Crippen LogP contribution >= 0.6 is 23.8 Å². The number of thiocarbonyl (C=S) groups is 1. The molecular weight excluding hydrogens is 340 g/mol. The molecule has 4 N–H and O–H groups in total. The molecule has 0 aliphatic heterocycles. The molecule has 1 aliphatic rings. The minimum Gasteiger partial charge on any atom is -0.380 e. The van der Waals surface area contributed by atoms with Gasteiger partial charge in [-0.1, -0.05) is 54.8 Å². The molecule has 2 aromatic rings. The van der Waals surface area contributed by atoms with Crippen LogP contribution in [0.15, 0.2) is 48.5 Å². The van der Waals surface area contributed by atoms with E-state index in [1.165, 1.54) is 0 Å². The minimum absolute atomic E-state index is 0.130. The van der Waals surface area contributed by atoms with Gasteiger partial charge in [0, 0.05) is 16.3 Å². The Hall–Kier alpha value is -1.62. The molecule has 1 unspecified atom stereocenters. The highest BCUT2D eigenvalue weighted by molar-refractivity contribution is 7.80. The molecule has 3 rings (SSSR count). The van der Waals surface area contributed by atoms with Crippen LogP contribution in [0.1, 0.15) is 36.8 Å². The summed E-state index contributed by atoms with van der Waals surface area (Å²) in [5, 5.41) is 15.6. The number of aliphatic hydroxyl groups is 1. The Labute approximate surface area is 152 Å². The van der Waals surface area contributed by atoms with Crippen molar-refractivity contribution in [2.45, 2.75) is 31.3 Å². The topological polar surface area (TPSA) is 58.3 Å². The van der Waals surface area contributed by atoms with Crippen LogP contribution < -0.4 is 11.1 Å². The molecular formula is C19H21ClN2OS. The van der Waals surface area contributed by atoms with E-state index in [4.69, 9.17) is 29.6 Å². The number of anilines is 1. The Morgan fingerprint density at radius 3 is 2.46 bits per heavy atom. The van der Waals surface area contributed by atoms with Crippen molar-refractivity contribution < 1.29 is 5.11 Å². The molecule has 1 aliphatic carbocycles. The summed E-state index contributed by atoms with van der Waals surface area (Å²) in [5.74, 6) is 0.130. The summed E-state index contributed by atoms with van der Waals surface area (Å²) in [5.41, 5.74) is 6.83. The minimum atomic E-state index is -1.13. The van der Waals surface area contributed by atoms with E-state index in [9.17, 15) is 5.11 Å². The zero-order chi connectivity index (χ0) is 17.2. The molecule has 3 nitrogen and oxygen atoms in total. The van der Waals surface area contributed by atoms with Gasteiger partial charge in [0.05, 0.1) is 0 Å². The predicted octanol–water partition coefficient (Wildman–Crippen LogP) is 4.42. The molecule has 1 fully saturated rings. The van der Waals surface area contributed by atoms with Crippen LogP contribution in [0, 0.1) is 5.92 Å². The Balaban J connectivity index is 2.19. The highest BCUT2D eigenvalue weighted by Gasteiger charge is 2.43. The number of rotatable bonds is 4. The summed E-state index contributed by atoms with van der Waals surface area (Å²) >= 11 is 11.2. The van der Waals surface area contributed by atoms with Gasteiger partial charge in [-0.3, -0.25) is 0 Å². The lowest BCUT2D eigenvalue weighted by molar-refractivity contribution is 0.0195. The van der Waals surface area contributed by atoms with Gasteiger partial charge in [-0.15, -0.1) is 0 Å². The fourth-order valence-electron chi connectivity index (χ4n) is 3.72. The van der Waals surface area contributed by atoms with E-state index in [1.54, 1.807) is 6.07 Å². The van der Waals surface area contributed by atoms with Gasteiger partial charge in [0.25, 0.3) is 0 Å². The Kier molecular flexibility index (Phi) is 5.09. The average molecular weight is 361 g/mol. The summed E-state index contributed by atoms with van der Waals surface area (Å²) in [6, 6.07) is 15.2. The number of nitrogens with two attached hydrogens (primary N) is 1. The third kappa shape index (κ3) is 3.27. The first-order chi connectivity index (χ1) is 11.5. The van der Waals surface area contributed by atoms with Crippen LogP contribution in [0.4, 0.5) is 5.69 Å². The van der Waals surface area contributed by atoms with E-state index in [-0.39, 0.29) is 11.0 Å². The number of benzene rings is 2. The second-order valence-electron chi connectivity index (χ2n) is 6.29. The van der Waals surface area contributed by atoms with Crippen molar-refractivity contribution in [2.75, 3.05) is 5.32 Å². The van der Waals surface area contributed by atoms with Crippen molar-refractivity contribution in [2.24, 2.45) is 11.7 Å². The van der Waals surface area contributed by atoms with Crippen LogP contribution in [0.5, 0.6) is 0 Å². The average Bonchev–Trinajstić information content (AvgIpc) is 3.11. The van der Waals surface area contributed by atoms with Gasteiger partial charge >= 0.3 is 0 Å². The lowest BCUT2D eigenvalue weighted by atomic mass is 9.74. The fraction of sp³-hybridized carbons (Fsp3) is 0.316. The van der Waals surface area contributed by atoms with Crippen molar-refractivity contribution >= 4 is 34.6 Å². The summed E-state index contributed by atoms with van der Waals surface area (Å²) < 4.78 is 0. The van der Waals surface area contributed by atoms with Crippen molar-refractivity contribution in [1.29, 1.82) is 0 Å². The van der Waals surface area contributed by atoms with Crippen molar-refractivity contribution in [3.8, 4) is 0 Å². The number of nitrogens with one attached hydrogen (secondary N) is 1. The second kappa shape index (κ2) is 7.09. The van der Waals surface area contributed by atoms with Gasteiger partial charge in [0.1, 0.15) is 5.60 Å². The monoisotopic (exact) mass is 360 g/mol. The Morgan fingerprint density at radius 2 is 1.83 bits per heavy atom. The summed E-state index contributed by atoms with van der Waals surface area (Å²) in [7, 11) is 0. The smallest absolute Gasteiger partial charge is 0.168 e. The zero-order valence-electron chi connectivity index (χ0n) is 13.3. The third-order valence-corrected chi connectivity index (χ3v) is 5.15. The first kappa shape index (κ1) is 17.2. The molecule has 24 heavy (non-hydrogen) atoms. The van der Waals surface area contributed by atoms with E-state index < -0.39 is 5.60 Å². The predicted molar refractivity (Wildman–Crippen MR) is 103 cm³/mol. The molecule has 2 aromatic carbocycles. The maximum atomic E-state index is 11.9. The standard InChI is InChI=1S/C19H21ClN2OS/c20-15-10-11-17(22-18(21)24)16(12-15)19(23,14-8-4-5-9-14)13-6-2-1-3-7-13/h1-3,6-7,10-12,14,23H,4-5,8-9H2,(H3,21,22,24). The first-order valence-electron chi connectivity index (χ1n) is 8.16. The van der Waals surface area contributed by atoms with Crippen molar-refractivity contribution in [3.05, 3.63) is 64.7 Å². The maximum Gasteiger partial charge on any atom is 0.168 e. The molecule has 126 valence electrons. The highest BCUT2D eigenvalue weighted by atomic mass is 35.5. The maximum absolute atomic E-state index is 11.9. The summed E-state index contributed by atoms with van der Waals surface area (Å²) in [4.78, 5) is 0. The van der Waals surface area contributed by atoms with Crippen molar-refractivity contribution in [3.63, 3.8) is 0 Å². The second-order valence-corrected chi connectivity index (χ2v) is 7.17. The molecule has 0 radical (unpaired) electrons. The van der Waals surface area contributed by atoms with E-state index >= 15 is 0 Å². The van der Waals surface area contributed by atoms with Gasteiger partial charge in [-0.25, -0.2) is 0 Å². The number of hydrogen-bond acceptors (Lipinski definition) is 2. The normalized spacial score (nSPS) is 17.4. The molecule has 0 amide bonds. The number of hydrogen-bond donors (Lipinski definition) is 3. The van der Waals surface area contributed by atoms with E-state index in [2.05, 4.69) is 5.32 Å². The molecule has 1 saturated carbocycles. The third-order valence-electron chi connectivity index (χ3n) is 4.81. The van der Waals surface area contributed by atoms with E-state index in [0.717, 1.165) is 36.8 Å². The molecule has 0 aromatic heterocycles. The summed E-state index contributed by atoms with van der Waals surface area (Å²) in [6.45, 7) is 0. The first-order valence-corrected chi connectivity index (χ1v) is 8.95. The van der Waals surface area contributed by atoms with Crippen LogP contribution in [0.25, 0.3) is 0 Å². The SMILES string of the molecule is NC(=S)Nc1ccc(Cl)cc1C(O)(c1ccccc1)C1CCCC1. The molecule has 0 saturated heterocycles. The van der Waals surface area contributed by atoms with E-state index in [0.29, 0.717) is 10.7 Å². The van der Waals surface area contributed by atoms with Gasteiger partial charge in [0.15, 0.2) is 5.11 Å². The highest BCUT2D eigenvalue weighted by Crippen LogP contribution is 2.47. The Bertz CT molecular complexity index is 731.